The van der Waals surface area contributed by atoms with Crippen LogP contribution in [0.1, 0.15) is 65.9 Å². The molecule has 0 amide bonds. The minimum Gasteiger partial charge on any atom is -0.466 e. The molecule has 0 N–H and O–H groups in total. The van der Waals surface area contributed by atoms with Crippen LogP contribution in [-0.4, -0.2) is 36.5 Å². The van der Waals surface area contributed by atoms with E-state index in [9.17, 15) is 19.2 Å². The summed E-state index contributed by atoms with van der Waals surface area (Å²) in [5, 5.41) is 0. The number of Topliss-reactive ketones (excluding diaryl/α,β-unsaturated/α-hetero) is 3. The first-order valence-corrected chi connectivity index (χ1v) is 9.89. The fraction of sp³-hybridized carbons (Fsp3) is 0.565. The highest BCUT2D eigenvalue weighted by molar-refractivity contribution is 5.99. The van der Waals surface area contributed by atoms with Crippen LogP contribution >= 0.6 is 0 Å². The van der Waals surface area contributed by atoms with Crippen LogP contribution in [0, 0.1) is 5.41 Å². The molecule has 0 aliphatic carbocycles. The third-order valence-corrected chi connectivity index (χ3v) is 3.54. The summed E-state index contributed by atoms with van der Waals surface area (Å²) in [5.41, 5.74) is 0.957. The van der Waals surface area contributed by atoms with Crippen LogP contribution in [0.15, 0.2) is 30.3 Å². The standard InChI is InChI=1S/C16H22O3.C7H12O3/c1-16(2,3)10-14(17)9-15(18)12-19-11-13-7-5-4-6-8-13;1-3-6(8)5-7(9)10-4-2/h4-8H,9-12H2,1-3H3;3-5H2,1-2H3. The van der Waals surface area contributed by atoms with Crippen molar-refractivity contribution in [2.45, 2.75) is 66.9 Å². The summed E-state index contributed by atoms with van der Waals surface area (Å²) in [6.07, 6.45) is 0.729. The fourth-order valence-electron chi connectivity index (χ4n) is 2.28. The van der Waals surface area contributed by atoms with Gasteiger partial charge >= 0.3 is 5.97 Å². The van der Waals surface area contributed by atoms with Gasteiger partial charge in [-0.15, -0.1) is 0 Å². The van der Waals surface area contributed by atoms with Gasteiger partial charge in [-0.3, -0.25) is 19.2 Å². The molecule has 0 bridgehead atoms. The minimum absolute atomic E-state index is 0.00474. The molecule has 6 heteroatoms. The predicted octanol–water partition coefficient (Wildman–Crippen LogP) is 4.09. The predicted molar refractivity (Wildman–Crippen MR) is 111 cm³/mol. The summed E-state index contributed by atoms with van der Waals surface area (Å²) in [6, 6.07) is 9.66. The van der Waals surface area contributed by atoms with E-state index in [-0.39, 0.29) is 42.2 Å². The zero-order valence-electron chi connectivity index (χ0n) is 18.3. The van der Waals surface area contributed by atoms with Crippen LogP contribution in [0.2, 0.25) is 0 Å². The second-order valence-electron chi connectivity index (χ2n) is 7.84. The van der Waals surface area contributed by atoms with Gasteiger partial charge in [-0.25, -0.2) is 0 Å². The number of rotatable bonds is 11. The molecular formula is C23H34O6. The molecular weight excluding hydrogens is 372 g/mol. The molecule has 0 spiro atoms. The molecule has 1 aromatic rings. The molecule has 0 aliphatic rings. The van der Waals surface area contributed by atoms with E-state index >= 15 is 0 Å². The summed E-state index contributed by atoms with van der Waals surface area (Å²) < 4.78 is 9.87. The van der Waals surface area contributed by atoms with Crippen molar-refractivity contribution < 1.29 is 28.7 Å². The molecule has 0 saturated heterocycles. The Kier molecular flexibility index (Phi) is 13.4. The van der Waals surface area contributed by atoms with Gasteiger partial charge in [0.05, 0.1) is 19.6 Å². The maximum Gasteiger partial charge on any atom is 0.313 e. The molecule has 29 heavy (non-hydrogen) atoms. The zero-order chi connectivity index (χ0) is 22.3. The summed E-state index contributed by atoms with van der Waals surface area (Å²) in [7, 11) is 0. The summed E-state index contributed by atoms with van der Waals surface area (Å²) in [4.78, 5) is 44.4. The van der Waals surface area contributed by atoms with E-state index < -0.39 is 5.97 Å². The fourth-order valence-corrected chi connectivity index (χ4v) is 2.28. The minimum atomic E-state index is -0.422. The van der Waals surface area contributed by atoms with E-state index in [0.29, 0.717) is 26.1 Å². The smallest absolute Gasteiger partial charge is 0.313 e. The average Bonchev–Trinajstić information content (AvgIpc) is 2.61. The Morgan fingerprint density at radius 3 is 2.00 bits per heavy atom. The van der Waals surface area contributed by atoms with Gasteiger partial charge in [0.1, 0.15) is 24.6 Å². The number of carbonyl (C=O) groups excluding carboxylic acids is 4. The van der Waals surface area contributed by atoms with Crippen molar-refractivity contribution in [1.29, 1.82) is 0 Å². The Bertz CT molecular complexity index is 643. The second-order valence-corrected chi connectivity index (χ2v) is 7.84. The van der Waals surface area contributed by atoms with Gasteiger partial charge in [0.15, 0.2) is 5.78 Å². The van der Waals surface area contributed by atoms with Crippen molar-refractivity contribution >= 4 is 23.3 Å². The lowest BCUT2D eigenvalue weighted by Crippen LogP contribution is -2.18. The number of hydrogen-bond donors (Lipinski definition) is 0. The van der Waals surface area contributed by atoms with Crippen molar-refractivity contribution in [3.05, 3.63) is 35.9 Å². The van der Waals surface area contributed by atoms with E-state index in [1.165, 1.54) is 0 Å². The Labute approximate surface area is 174 Å². The van der Waals surface area contributed by atoms with Crippen LogP contribution in [0.25, 0.3) is 0 Å². The van der Waals surface area contributed by atoms with Crippen LogP contribution in [0.3, 0.4) is 0 Å². The van der Waals surface area contributed by atoms with Crippen LogP contribution in [-0.2, 0) is 35.3 Å². The van der Waals surface area contributed by atoms with Crippen molar-refractivity contribution in [2.24, 2.45) is 5.41 Å². The molecule has 162 valence electrons. The number of esters is 1. The van der Waals surface area contributed by atoms with Gasteiger partial charge in [-0.2, -0.15) is 0 Å². The molecule has 0 fully saturated rings. The Balaban J connectivity index is 0.000000665. The first kappa shape index (κ1) is 26.7. The number of benzene rings is 1. The monoisotopic (exact) mass is 406 g/mol. The van der Waals surface area contributed by atoms with Gasteiger partial charge in [-0.1, -0.05) is 58.0 Å². The van der Waals surface area contributed by atoms with E-state index in [4.69, 9.17) is 4.74 Å². The number of ether oxygens (including phenoxy) is 2. The maximum atomic E-state index is 11.6. The van der Waals surface area contributed by atoms with E-state index in [2.05, 4.69) is 4.74 Å². The van der Waals surface area contributed by atoms with Crippen LogP contribution in [0.4, 0.5) is 0 Å². The van der Waals surface area contributed by atoms with E-state index in [0.717, 1.165) is 5.56 Å². The summed E-state index contributed by atoms with van der Waals surface area (Å²) >= 11 is 0. The van der Waals surface area contributed by atoms with Crippen molar-refractivity contribution in [3.63, 3.8) is 0 Å². The van der Waals surface area contributed by atoms with Crippen LogP contribution < -0.4 is 0 Å². The SMILES string of the molecule is CC(C)(C)CC(=O)CC(=O)COCc1ccccc1.CCOC(=O)CC(=O)CC. The quantitative estimate of drug-likeness (QED) is 0.406. The Morgan fingerprint density at radius 2 is 1.48 bits per heavy atom. The van der Waals surface area contributed by atoms with Crippen molar-refractivity contribution in [2.75, 3.05) is 13.2 Å². The molecule has 0 aromatic heterocycles. The third-order valence-electron chi connectivity index (χ3n) is 3.54. The lowest BCUT2D eigenvalue weighted by atomic mass is 9.89. The summed E-state index contributed by atoms with van der Waals surface area (Å²) in [5.74, 6) is -0.654. The van der Waals surface area contributed by atoms with Gasteiger partial charge in [0.2, 0.25) is 0 Å². The summed E-state index contributed by atoms with van der Waals surface area (Å²) in [6.45, 7) is 10.2. The highest BCUT2D eigenvalue weighted by atomic mass is 16.5. The van der Waals surface area contributed by atoms with E-state index in [1.807, 2.05) is 51.1 Å². The van der Waals surface area contributed by atoms with E-state index in [1.54, 1.807) is 13.8 Å². The van der Waals surface area contributed by atoms with Gasteiger partial charge in [0, 0.05) is 12.8 Å². The topological polar surface area (TPSA) is 86.7 Å². The average molecular weight is 407 g/mol. The zero-order valence-corrected chi connectivity index (χ0v) is 18.3. The molecule has 0 aliphatic heterocycles. The number of carbonyl (C=O) groups is 4. The number of ketones is 3. The van der Waals surface area contributed by atoms with Crippen molar-refractivity contribution in [3.8, 4) is 0 Å². The molecule has 0 unspecified atom stereocenters. The molecule has 6 nitrogen and oxygen atoms in total. The molecule has 1 rings (SSSR count). The largest absolute Gasteiger partial charge is 0.466 e. The third kappa shape index (κ3) is 16.3. The van der Waals surface area contributed by atoms with Gasteiger partial charge in [-0.05, 0) is 17.9 Å². The highest BCUT2D eigenvalue weighted by Crippen LogP contribution is 2.19. The molecule has 0 heterocycles. The maximum absolute atomic E-state index is 11.6. The molecule has 0 atom stereocenters. The molecule has 0 saturated carbocycles. The molecule has 0 radical (unpaired) electrons. The lowest BCUT2D eigenvalue weighted by molar-refractivity contribution is -0.145. The van der Waals surface area contributed by atoms with Gasteiger partial charge < -0.3 is 9.47 Å². The lowest BCUT2D eigenvalue weighted by Gasteiger charge is -2.16. The first-order chi connectivity index (χ1) is 13.6. The Morgan fingerprint density at radius 1 is 0.862 bits per heavy atom. The Hall–Kier alpha value is -2.34. The van der Waals surface area contributed by atoms with Crippen LogP contribution in [0.5, 0.6) is 0 Å². The van der Waals surface area contributed by atoms with Gasteiger partial charge in [0.25, 0.3) is 0 Å². The highest BCUT2D eigenvalue weighted by Gasteiger charge is 2.18. The second kappa shape index (κ2) is 14.6. The molecule has 1 aromatic carbocycles. The van der Waals surface area contributed by atoms with Crippen molar-refractivity contribution in [1.82, 2.24) is 0 Å². The first-order valence-electron chi connectivity index (χ1n) is 9.89. The number of hydrogen-bond acceptors (Lipinski definition) is 6. The normalized spacial score (nSPS) is 10.5.